The van der Waals surface area contributed by atoms with Crippen molar-refractivity contribution in [2.75, 3.05) is 41.2 Å². The van der Waals surface area contributed by atoms with Crippen LogP contribution >= 0.6 is 23.2 Å². The van der Waals surface area contributed by atoms with Crippen LogP contribution in [0.3, 0.4) is 0 Å². The zero-order chi connectivity index (χ0) is 24.3. The molecule has 0 saturated carbocycles. The van der Waals surface area contributed by atoms with Gasteiger partial charge in [0.15, 0.2) is 0 Å². The van der Waals surface area contributed by atoms with E-state index in [0.29, 0.717) is 42.7 Å². The third-order valence-corrected chi connectivity index (χ3v) is 7.09. The number of amides is 1. The molecule has 1 saturated heterocycles. The largest absolute Gasteiger partial charge is 0.378 e. The molecule has 0 unspecified atom stereocenters. The number of nitrogens with one attached hydrogen (secondary N) is 2. The van der Waals surface area contributed by atoms with Gasteiger partial charge in [-0.25, -0.2) is 12.8 Å². The van der Waals surface area contributed by atoms with Gasteiger partial charge in [0.25, 0.3) is 15.9 Å². The Hall–Kier alpha value is -2.85. The van der Waals surface area contributed by atoms with Crippen LogP contribution in [0.1, 0.15) is 10.4 Å². The second-order valence-electron chi connectivity index (χ2n) is 7.47. The number of nitrogens with zero attached hydrogens (tertiary/aromatic N) is 1. The second kappa shape index (κ2) is 10.2. The van der Waals surface area contributed by atoms with Crippen molar-refractivity contribution in [3.05, 3.63) is 82.1 Å². The van der Waals surface area contributed by atoms with E-state index in [9.17, 15) is 17.6 Å². The molecule has 1 amide bonds. The van der Waals surface area contributed by atoms with E-state index >= 15 is 0 Å². The summed E-state index contributed by atoms with van der Waals surface area (Å²) in [5.41, 5.74) is 1.29. The minimum atomic E-state index is -3.97. The number of hydrogen-bond donors (Lipinski definition) is 2. The van der Waals surface area contributed by atoms with Gasteiger partial charge < -0.3 is 15.0 Å². The molecule has 3 aromatic rings. The summed E-state index contributed by atoms with van der Waals surface area (Å²) in [6.45, 7) is 2.12. The molecule has 1 aliphatic rings. The molecule has 0 spiro atoms. The summed E-state index contributed by atoms with van der Waals surface area (Å²) in [4.78, 5) is 14.9. The summed E-state index contributed by atoms with van der Waals surface area (Å²) in [5, 5.41) is 3.15. The molecular formula is C23H20Cl2FN3O4S. The van der Waals surface area contributed by atoms with Gasteiger partial charge in [-0.15, -0.1) is 0 Å². The molecule has 0 aliphatic carbocycles. The molecule has 0 aromatic heterocycles. The predicted octanol–water partition coefficient (Wildman–Crippen LogP) is 5.02. The van der Waals surface area contributed by atoms with Crippen LogP contribution in [0.2, 0.25) is 10.0 Å². The summed E-state index contributed by atoms with van der Waals surface area (Å²) in [6.07, 6.45) is 0. The third-order valence-electron chi connectivity index (χ3n) is 5.15. The first-order valence-electron chi connectivity index (χ1n) is 10.2. The average molecular weight is 524 g/mol. The summed E-state index contributed by atoms with van der Waals surface area (Å²) >= 11 is 11.9. The van der Waals surface area contributed by atoms with Gasteiger partial charge in [0.2, 0.25) is 0 Å². The first kappa shape index (κ1) is 24.3. The monoisotopic (exact) mass is 523 g/mol. The molecule has 0 atom stereocenters. The van der Waals surface area contributed by atoms with Gasteiger partial charge in [0.1, 0.15) is 5.82 Å². The molecule has 7 nitrogen and oxygen atoms in total. The van der Waals surface area contributed by atoms with E-state index in [1.807, 2.05) is 4.90 Å². The summed E-state index contributed by atoms with van der Waals surface area (Å²) in [7, 11) is -3.97. The number of anilines is 3. The van der Waals surface area contributed by atoms with Crippen molar-refractivity contribution in [1.29, 1.82) is 0 Å². The van der Waals surface area contributed by atoms with E-state index in [2.05, 4.69) is 10.0 Å². The Bertz CT molecular complexity index is 1310. The van der Waals surface area contributed by atoms with Gasteiger partial charge in [-0.1, -0.05) is 23.2 Å². The Morgan fingerprint density at radius 3 is 2.35 bits per heavy atom. The van der Waals surface area contributed by atoms with Crippen LogP contribution in [0.25, 0.3) is 0 Å². The molecular weight excluding hydrogens is 504 g/mol. The van der Waals surface area contributed by atoms with Gasteiger partial charge in [0.05, 0.1) is 40.1 Å². The lowest BCUT2D eigenvalue weighted by Gasteiger charge is -2.30. The second-order valence-corrected chi connectivity index (χ2v) is 10.00. The molecule has 2 N–H and O–H groups in total. The van der Waals surface area contributed by atoms with Gasteiger partial charge in [0, 0.05) is 23.8 Å². The maximum Gasteiger partial charge on any atom is 0.261 e. The highest BCUT2D eigenvalue weighted by Gasteiger charge is 2.22. The highest BCUT2D eigenvalue weighted by atomic mass is 35.5. The number of carbonyl (C=O) groups excluding carboxylic acids is 1. The van der Waals surface area contributed by atoms with Crippen molar-refractivity contribution in [3.8, 4) is 0 Å². The Morgan fingerprint density at radius 1 is 0.971 bits per heavy atom. The van der Waals surface area contributed by atoms with Crippen LogP contribution in [0.5, 0.6) is 0 Å². The summed E-state index contributed by atoms with van der Waals surface area (Å²) < 4.78 is 47.3. The standard InChI is InChI=1S/C23H20Cl2FN3O4S/c24-15-1-4-17(5-2-15)28-34(31,32)18-6-8-22(29-9-11-33-12-10-29)21(14-18)27-23(30)19-7-3-16(26)13-20(19)25/h1-8,13-14,28H,9-12H2,(H,27,30). The number of morpholine rings is 1. The van der Waals surface area contributed by atoms with E-state index in [1.54, 1.807) is 30.3 Å². The third kappa shape index (κ3) is 5.61. The lowest BCUT2D eigenvalue weighted by molar-refractivity contribution is 0.102. The highest BCUT2D eigenvalue weighted by molar-refractivity contribution is 7.92. The summed E-state index contributed by atoms with van der Waals surface area (Å²) in [6, 6.07) is 14.1. The minimum Gasteiger partial charge on any atom is -0.378 e. The lowest BCUT2D eigenvalue weighted by atomic mass is 10.1. The highest BCUT2D eigenvalue weighted by Crippen LogP contribution is 2.31. The molecule has 178 valence electrons. The number of benzene rings is 3. The zero-order valence-electron chi connectivity index (χ0n) is 17.7. The SMILES string of the molecule is O=C(Nc1cc(S(=O)(=O)Nc2ccc(Cl)cc2)ccc1N1CCOCC1)c1ccc(F)cc1Cl. The van der Waals surface area contributed by atoms with Crippen LogP contribution < -0.4 is 14.9 Å². The molecule has 11 heteroatoms. The molecule has 1 fully saturated rings. The van der Waals surface area contributed by atoms with Crippen molar-refractivity contribution in [2.24, 2.45) is 0 Å². The molecule has 34 heavy (non-hydrogen) atoms. The number of rotatable bonds is 6. The first-order valence-corrected chi connectivity index (χ1v) is 12.5. The Morgan fingerprint density at radius 2 is 1.68 bits per heavy atom. The van der Waals surface area contributed by atoms with Crippen molar-refractivity contribution < 1.29 is 22.3 Å². The fraction of sp³-hybridized carbons (Fsp3) is 0.174. The first-order chi connectivity index (χ1) is 16.2. The fourth-order valence-electron chi connectivity index (χ4n) is 3.46. The van der Waals surface area contributed by atoms with E-state index < -0.39 is 21.7 Å². The molecule has 1 aliphatic heterocycles. The van der Waals surface area contributed by atoms with Crippen LogP contribution in [-0.2, 0) is 14.8 Å². The average Bonchev–Trinajstić information content (AvgIpc) is 2.81. The molecule has 0 bridgehead atoms. The maximum atomic E-state index is 13.4. The van der Waals surface area contributed by atoms with Crippen LogP contribution in [0.15, 0.2) is 65.6 Å². The molecule has 0 radical (unpaired) electrons. The lowest BCUT2D eigenvalue weighted by Crippen LogP contribution is -2.36. The van der Waals surface area contributed by atoms with Crippen LogP contribution in [-0.4, -0.2) is 40.6 Å². The van der Waals surface area contributed by atoms with E-state index in [4.69, 9.17) is 27.9 Å². The Balaban J connectivity index is 1.68. The number of ether oxygens (including phenoxy) is 1. The van der Waals surface area contributed by atoms with E-state index in [0.717, 1.165) is 12.1 Å². The van der Waals surface area contributed by atoms with Gasteiger partial charge >= 0.3 is 0 Å². The quantitative estimate of drug-likeness (QED) is 0.473. The van der Waals surface area contributed by atoms with Gasteiger partial charge in [-0.3, -0.25) is 9.52 Å². The maximum absolute atomic E-state index is 13.4. The molecule has 3 aromatic carbocycles. The van der Waals surface area contributed by atoms with E-state index in [-0.39, 0.29) is 21.2 Å². The van der Waals surface area contributed by atoms with Crippen LogP contribution in [0, 0.1) is 5.82 Å². The minimum absolute atomic E-state index is 0.0556. The van der Waals surface area contributed by atoms with Crippen molar-refractivity contribution in [3.63, 3.8) is 0 Å². The number of halogens is 3. The van der Waals surface area contributed by atoms with Crippen molar-refractivity contribution >= 4 is 56.2 Å². The topological polar surface area (TPSA) is 87.7 Å². The molecule has 1 heterocycles. The summed E-state index contributed by atoms with van der Waals surface area (Å²) in [5.74, 6) is -1.17. The zero-order valence-corrected chi connectivity index (χ0v) is 20.1. The predicted molar refractivity (Wildman–Crippen MR) is 131 cm³/mol. The van der Waals surface area contributed by atoms with Gasteiger partial charge in [-0.2, -0.15) is 0 Å². The smallest absolute Gasteiger partial charge is 0.261 e. The van der Waals surface area contributed by atoms with Crippen LogP contribution in [0.4, 0.5) is 21.5 Å². The van der Waals surface area contributed by atoms with Crippen molar-refractivity contribution in [2.45, 2.75) is 4.90 Å². The van der Waals surface area contributed by atoms with E-state index in [1.165, 1.54) is 18.2 Å². The van der Waals surface area contributed by atoms with Crippen molar-refractivity contribution in [1.82, 2.24) is 0 Å². The number of carbonyl (C=O) groups is 1. The normalized spacial score (nSPS) is 14.0. The fourth-order valence-corrected chi connectivity index (χ4v) is 4.92. The molecule has 4 rings (SSSR count). The van der Waals surface area contributed by atoms with Gasteiger partial charge in [-0.05, 0) is 60.7 Å². The number of sulfonamides is 1. The Labute approximate surface area is 206 Å². The Kier molecular flexibility index (Phi) is 7.27. The number of hydrogen-bond acceptors (Lipinski definition) is 5.